The van der Waals surface area contributed by atoms with Crippen molar-refractivity contribution in [3.8, 4) is 39.5 Å². The van der Waals surface area contributed by atoms with Crippen molar-refractivity contribution in [3.05, 3.63) is 163 Å². The van der Waals surface area contributed by atoms with Crippen molar-refractivity contribution >= 4 is 60.3 Å². The molecule has 0 aliphatic heterocycles. The molecule has 55 heavy (non-hydrogen) atoms. The Labute approximate surface area is 343 Å². The summed E-state index contributed by atoms with van der Waals surface area (Å²) in [5.74, 6) is 8.13. The van der Waals surface area contributed by atoms with E-state index in [1.807, 2.05) is 31.2 Å². The Balaban J connectivity index is 0.000000154. The summed E-state index contributed by atoms with van der Waals surface area (Å²) in [6.45, 7) is 6.66. The largest absolute Gasteiger partial charge is 0.333 e. The van der Waals surface area contributed by atoms with E-state index in [1.165, 1.54) is 42.1 Å². The van der Waals surface area contributed by atoms with E-state index in [0.29, 0.717) is 0 Å². The van der Waals surface area contributed by atoms with Crippen LogP contribution in [0, 0.1) is 19.1 Å². The van der Waals surface area contributed by atoms with Crippen molar-refractivity contribution in [3.63, 3.8) is 0 Å². The summed E-state index contributed by atoms with van der Waals surface area (Å²) in [5, 5.41) is 2.39. The summed E-state index contributed by atoms with van der Waals surface area (Å²) in [4.78, 5) is 15.7. The van der Waals surface area contributed by atoms with Gasteiger partial charge < -0.3 is 4.57 Å². The van der Waals surface area contributed by atoms with Gasteiger partial charge in [-0.15, -0.1) is 18.2 Å². The van der Waals surface area contributed by atoms with Gasteiger partial charge in [0.1, 0.15) is 4.83 Å². The van der Waals surface area contributed by atoms with E-state index in [9.17, 15) is 0 Å². The Morgan fingerprint density at radius 3 is 2.20 bits per heavy atom. The van der Waals surface area contributed by atoms with Gasteiger partial charge in [-0.25, -0.2) is 4.98 Å². The molecule has 0 saturated heterocycles. The SMILES string of the molecule is CC1(C)c2ccccc2-c2cc[c-]c(-c3cc[c]([Ge]([CH3])([CH3])[CH3])cn3)c21.Cc1ccc2c(n1)sc1c(-c3nc4ccccc4n3-c3ccccc3)[c-]ccc12.[Ir]. The fourth-order valence-electron chi connectivity index (χ4n) is 7.87. The summed E-state index contributed by atoms with van der Waals surface area (Å²) >= 11 is -0.121. The molecule has 273 valence electrons. The zero-order chi connectivity index (χ0) is 37.2. The first-order valence-electron chi connectivity index (χ1n) is 18.5. The Morgan fingerprint density at radius 2 is 1.42 bits per heavy atom. The Kier molecular flexibility index (Phi) is 9.75. The first-order chi connectivity index (χ1) is 26.1. The summed E-state index contributed by atoms with van der Waals surface area (Å²) in [6, 6.07) is 51.5. The van der Waals surface area contributed by atoms with Gasteiger partial charge in [-0.3, -0.25) is 4.98 Å². The van der Waals surface area contributed by atoms with E-state index in [4.69, 9.17) is 15.0 Å². The maximum Gasteiger partial charge on any atom is 0.113 e. The van der Waals surface area contributed by atoms with E-state index in [-0.39, 0.29) is 25.5 Å². The third-order valence-corrected chi connectivity index (χ3v) is 16.0. The van der Waals surface area contributed by atoms with Crippen molar-refractivity contribution in [1.82, 2.24) is 19.5 Å². The van der Waals surface area contributed by atoms with Crippen LogP contribution in [-0.4, -0.2) is 32.8 Å². The number of rotatable bonds is 4. The average Bonchev–Trinajstić information content (AvgIpc) is 3.83. The number of fused-ring (bicyclic) bond motifs is 7. The average molecular weight is 970 g/mol. The molecule has 0 bridgehead atoms. The van der Waals surface area contributed by atoms with Crippen molar-refractivity contribution in [2.75, 3.05) is 0 Å². The molecule has 4 heterocycles. The first-order valence-corrected chi connectivity index (χ1v) is 26.6. The van der Waals surface area contributed by atoms with Gasteiger partial charge in [0.15, 0.2) is 0 Å². The van der Waals surface area contributed by atoms with Gasteiger partial charge in [-0.1, -0.05) is 47.3 Å². The van der Waals surface area contributed by atoms with Crippen LogP contribution in [0.25, 0.3) is 70.8 Å². The van der Waals surface area contributed by atoms with Crippen molar-refractivity contribution < 1.29 is 20.1 Å². The van der Waals surface area contributed by atoms with E-state index in [1.54, 1.807) is 11.3 Å². The number of aromatic nitrogens is 4. The topological polar surface area (TPSA) is 43.6 Å². The number of benzene rings is 5. The predicted molar refractivity (Wildman–Crippen MR) is 230 cm³/mol. The van der Waals surface area contributed by atoms with Crippen molar-refractivity contribution in [2.45, 2.75) is 43.5 Å². The summed E-state index contributed by atoms with van der Waals surface area (Å²) in [6.07, 6.45) is 2.09. The maximum atomic E-state index is 5.02. The monoisotopic (exact) mass is 971 g/mol. The van der Waals surface area contributed by atoms with Gasteiger partial charge in [0.05, 0.1) is 16.9 Å². The fourth-order valence-corrected chi connectivity index (χ4v) is 11.3. The van der Waals surface area contributed by atoms with Crippen LogP contribution in [0.2, 0.25) is 17.3 Å². The molecule has 0 unspecified atom stereocenters. The molecule has 0 saturated carbocycles. The van der Waals surface area contributed by atoms with Crippen LogP contribution in [0.15, 0.2) is 134 Å². The molecule has 0 spiro atoms. The van der Waals surface area contributed by atoms with Crippen LogP contribution >= 0.6 is 11.3 Å². The number of hydrogen-bond donors (Lipinski definition) is 0. The number of nitrogens with zero attached hydrogens (tertiary/aromatic N) is 4. The van der Waals surface area contributed by atoms with E-state index < -0.39 is 13.3 Å². The minimum absolute atomic E-state index is 0. The minimum Gasteiger partial charge on any atom is -0.333 e. The van der Waals surface area contributed by atoms with Crippen LogP contribution in [0.1, 0.15) is 30.7 Å². The van der Waals surface area contributed by atoms with Crippen molar-refractivity contribution in [2.24, 2.45) is 0 Å². The predicted octanol–water partition coefficient (Wildman–Crippen LogP) is 12.0. The Morgan fingerprint density at radius 1 is 0.691 bits per heavy atom. The molecule has 5 aromatic carbocycles. The van der Waals surface area contributed by atoms with Crippen LogP contribution in [0.3, 0.4) is 0 Å². The molecule has 1 aliphatic rings. The van der Waals surface area contributed by atoms with Crippen LogP contribution in [-0.2, 0) is 25.5 Å². The second kappa shape index (κ2) is 14.4. The standard InChI is InChI=1S/C25H16N3S.C23H24GeN.Ir/c1-16-14-15-19-18-10-7-11-20(23(18)29-25(19)26-16)24-27-21-12-5-6-13-22(21)28(24)17-8-3-2-4-9-17;1-23(2)20-12-7-6-9-17(20)18-10-8-11-19(22(18)23)21-14-13-16(15-25-21)24(3,4)5;/h2-10,12-15H,1H3;6-10,12-15H,1-5H3;/q2*-1;. The zero-order valence-corrected chi connectivity index (χ0v) is 37.0. The zero-order valence-electron chi connectivity index (χ0n) is 31.7. The van der Waals surface area contributed by atoms with E-state index in [0.717, 1.165) is 49.9 Å². The third-order valence-electron chi connectivity index (χ3n) is 10.6. The van der Waals surface area contributed by atoms with Crippen molar-refractivity contribution in [1.29, 1.82) is 0 Å². The maximum absolute atomic E-state index is 5.02. The van der Waals surface area contributed by atoms with E-state index in [2.05, 4.69) is 157 Å². The molecule has 0 amide bonds. The molecular formula is C48H40GeIrN4S-2. The molecule has 0 fully saturated rings. The Bertz CT molecular complexity index is 2850. The molecule has 4 nitrogen and oxygen atoms in total. The molecule has 1 aliphatic carbocycles. The smallest absolute Gasteiger partial charge is 0.113 e. The van der Waals surface area contributed by atoms with Crippen LogP contribution in [0.4, 0.5) is 0 Å². The second-order valence-electron chi connectivity index (χ2n) is 15.6. The summed E-state index contributed by atoms with van der Waals surface area (Å²) in [5.41, 5.74) is 12.8. The number of para-hydroxylation sites is 3. The first kappa shape index (κ1) is 37.2. The van der Waals surface area contributed by atoms with Gasteiger partial charge in [0.2, 0.25) is 0 Å². The molecule has 4 aromatic heterocycles. The molecule has 0 N–H and O–H groups in total. The summed E-state index contributed by atoms with van der Waals surface area (Å²) < 4.78 is 4.84. The molecule has 1 radical (unpaired) electrons. The number of imidazole rings is 1. The minimum atomic E-state index is -1.84. The quantitative estimate of drug-likeness (QED) is 0.130. The van der Waals surface area contributed by atoms with Gasteiger partial charge in [0.25, 0.3) is 0 Å². The molecule has 7 heteroatoms. The third kappa shape index (κ3) is 6.49. The van der Waals surface area contributed by atoms with Gasteiger partial charge >= 0.3 is 153 Å². The number of pyridine rings is 2. The molecule has 9 aromatic rings. The number of thiophene rings is 1. The molecule has 10 rings (SSSR count). The van der Waals surface area contributed by atoms with E-state index >= 15 is 0 Å². The van der Waals surface area contributed by atoms with Crippen LogP contribution < -0.4 is 4.40 Å². The second-order valence-corrected chi connectivity index (χ2v) is 27.2. The molecular weight excluding hydrogens is 929 g/mol. The van der Waals surface area contributed by atoms with Gasteiger partial charge in [0, 0.05) is 31.5 Å². The fraction of sp³-hybridized carbons (Fsp3) is 0.146. The van der Waals surface area contributed by atoms with Gasteiger partial charge in [-0.05, 0) is 47.3 Å². The summed E-state index contributed by atoms with van der Waals surface area (Å²) in [7, 11) is 0. The van der Waals surface area contributed by atoms with Crippen LogP contribution in [0.5, 0.6) is 0 Å². The molecule has 0 atom stereocenters. The number of hydrogen-bond acceptors (Lipinski definition) is 4. The van der Waals surface area contributed by atoms with Gasteiger partial charge in [-0.2, -0.15) is 11.3 Å². The number of aryl methyl sites for hydroxylation is 1. The normalized spacial score (nSPS) is 12.9. The Hall–Kier alpha value is -4.72.